The van der Waals surface area contributed by atoms with E-state index in [1.165, 1.54) is 14.1 Å². The topological polar surface area (TPSA) is 70.2 Å². The molecule has 0 rings (SSSR count). The number of nitrogens with one attached hydrogen (secondary N) is 2. The number of hydrogen-bond donors (Lipinski definition) is 2. The van der Waals surface area contributed by atoms with Crippen molar-refractivity contribution in [3.63, 3.8) is 0 Å². The number of rotatable bonds is 6. The van der Waals surface area contributed by atoms with Crippen LogP contribution in [0, 0.1) is 0 Å². The Morgan fingerprint density at radius 2 is 0.710 bits per heavy atom. The maximum absolute atomic E-state index is 12.0. The molecule has 0 bridgehead atoms. The van der Waals surface area contributed by atoms with Crippen molar-refractivity contribution in [1.82, 2.24) is 10.6 Å². The molecule has 0 aliphatic carbocycles. The minimum atomic E-state index is -5.85. The summed E-state index contributed by atoms with van der Waals surface area (Å²) in [5.74, 6) is 0. The Labute approximate surface area is 180 Å². The van der Waals surface area contributed by atoms with Gasteiger partial charge in [0, 0.05) is 12.1 Å². The average molecular weight is 540 g/mol. The molecule has 4 nitrogen and oxygen atoms in total. The van der Waals surface area contributed by atoms with Crippen LogP contribution in [0.15, 0.2) is 0 Å². The maximum atomic E-state index is 12.0. The summed E-state index contributed by atoms with van der Waals surface area (Å²) in [6, 6.07) is -2.35. The molecule has 31 heavy (non-hydrogen) atoms. The molecule has 0 spiro atoms. The maximum Gasteiger partial charge on any atom is 2.00 e. The van der Waals surface area contributed by atoms with Crippen LogP contribution in [-0.4, -0.2) is 62.1 Å². The first-order valence-corrected chi connectivity index (χ1v) is 7.93. The first-order chi connectivity index (χ1) is 12.9. The molecule has 0 aromatic rings. The van der Waals surface area contributed by atoms with Crippen LogP contribution in [0.1, 0.15) is 26.7 Å². The van der Waals surface area contributed by atoms with Gasteiger partial charge in [0.25, 0.3) is 0 Å². The normalized spacial score (nSPS) is 16.1. The minimum absolute atomic E-state index is 0. The van der Waals surface area contributed by atoms with E-state index in [0.29, 0.717) is 0 Å². The predicted molar refractivity (Wildman–Crippen MR) is 76.0 cm³/mol. The molecule has 1 radical (unpaired) electrons. The molecule has 2 N–H and O–H groups in total. The molecule has 193 valence electrons. The zero-order valence-corrected chi connectivity index (χ0v) is 17.2. The Morgan fingerprint density at radius 1 is 0.548 bits per heavy atom. The van der Waals surface area contributed by atoms with Crippen molar-refractivity contribution in [3.8, 4) is 0 Å². The SMILES string of the molecule is CN[C@@H](C)CC([O-])(C(F)(F)F)C(F)(F)F.CN[C@@H](C)CC([O-])(C(F)(F)F)C(F)(F)F.[Cu+2]. The second-order valence-electron chi connectivity index (χ2n) is 6.43. The molecule has 0 aromatic carbocycles. The number of halogens is 12. The van der Waals surface area contributed by atoms with Crippen LogP contribution in [0.4, 0.5) is 52.7 Å². The molecule has 0 unspecified atom stereocenters. The molecule has 0 amide bonds. The zero-order valence-electron chi connectivity index (χ0n) is 16.2. The second kappa shape index (κ2) is 11.6. The van der Waals surface area contributed by atoms with Gasteiger partial charge in [-0.15, -0.1) is 0 Å². The van der Waals surface area contributed by atoms with Gasteiger partial charge in [0.2, 0.25) is 0 Å². The van der Waals surface area contributed by atoms with Gasteiger partial charge in [-0.05, 0) is 40.8 Å². The standard InChI is InChI=1S/2C7H10F6NO.Cu/c2*1-4(14-2)3-5(15,6(8,9)10)7(11,12)13;/h2*4,14H,3H2,1-2H3;/q2*-1;+2/t2*4-;/m00./s1. The third kappa shape index (κ3) is 9.12. The Kier molecular flexibility index (Phi) is 13.1. The molecule has 0 saturated carbocycles. The van der Waals surface area contributed by atoms with Gasteiger partial charge in [-0.25, -0.2) is 0 Å². The van der Waals surface area contributed by atoms with Gasteiger partial charge < -0.3 is 20.8 Å². The average Bonchev–Trinajstić information content (AvgIpc) is 2.50. The molecule has 2 atom stereocenters. The fourth-order valence-electron chi connectivity index (χ4n) is 1.85. The quantitative estimate of drug-likeness (QED) is 0.402. The number of hydrogen-bond acceptors (Lipinski definition) is 4. The van der Waals surface area contributed by atoms with Crippen molar-refractivity contribution < 1.29 is 80.0 Å². The zero-order chi connectivity index (χ0) is 25.0. The van der Waals surface area contributed by atoms with Crippen LogP contribution in [0.5, 0.6) is 0 Å². The predicted octanol–water partition coefficient (Wildman–Crippen LogP) is 2.41. The molecular formula is C14H20CuF12N2O2. The van der Waals surface area contributed by atoms with E-state index in [2.05, 4.69) is 10.6 Å². The third-order valence-electron chi connectivity index (χ3n) is 4.00. The summed E-state index contributed by atoms with van der Waals surface area (Å²) >= 11 is 0. The summed E-state index contributed by atoms with van der Waals surface area (Å²) in [6.45, 7) is 2.15. The monoisotopic (exact) mass is 539 g/mol. The van der Waals surface area contributed by atoms with Gasteiger partial charge >= 0.3 is 41.8 Å². The minimum Gasteiger partial charge on any atom is -0.836 e. The summed E-state index contributed by atoms with van der Waals surface area (Å²) < 4.78 is 144. The second-order valence-corrected chi connectivity index (χ2v) is 6.43. The van der Waals surface area contributed by atoms with Crippen LogP contribution in [0.25, 0.3) is 0 Å². The Balaban J connectivity index is -0.000000490. The van der Waals surface area contributed by atoms with Gasteiger partial charge in [0.05, 0.1) is 11.2 Å². The van der Waals surface area contributed by atoms with Gasteiger partial charge in [-0.1, -0.05) is 0 Å². The van der Waals surface area contributed by atoms with Crippen molar-refractivity contribution in [3.05, 3.63) is 0 Å². The van der Waals surface area contributed by atoms with E-state index >= 15 is 0 Å². The van der Waals surface area contributed by atoms with Crippen molar-refractivity contribution >= 4 is 0 Å². The third-order valence-corrected chi connectivity index (χ3v) is 4.00. The molecule has 0 aliphatic heterocycles. The van der Waals surface area contributed by atoms with Crippen LogP contribution >= 0.6 is 0 Å². The molecule has 0 aromatic heterocycles. The first-order valence-electron chi connectivity index (χ1n) is 7.93. The van der Waals surface area contributed by atoms with E-state index in [-0.39, 0.29) is 17.1 Å². The molecule has 0 fully saturated rings. The molecule has 0 heterocycles. The van der Waals surface area contributed by atoms with Gasteiger partial charge in [-0.2, -0.15) is 52.7 Å². The van der Waals surface area contributed by atoms with E-state index in [0.717, 1.165) is 13.8 Å². The summed E-state index contributed by atoms with van der Waals surface area (Å²) in [4.78, 5) is 0. The first kappa shape index (κ1) is 35.1. The van der Waals surface area contributed by atoms with Crippen LogP contribution in [0.2, 0.25) is 0 Å². The van der Waals surface area contributed by atoms with E-state index in [4.69, 9.17) is 0 Å². The van der Waals surface area contributed by atoms with Gasteiger partial charge in [0.1, 0.15) is 0 Å². The van der Waals surface area contributed by atoms with Gasteiger partial charge in [-0.3, -0.25) is 0 Å². The van der Waals surface area contributed by atoms with E-state index in [1.54, 1.807) is 0 Å². The summed E-state index contributed by atoms with van der Waals surface area (Å²) in [6.07, 6.45) is -26.6. The van der Waals surface area contributed by atoms with Crippen LogP contribution < -0.4 is 20.8 Å². The Hall–Kier alpha value is -0.481. The fourth-order valence-corrected chi connectivity index (χ4v) is 1.85. The Morgan fingerprint density at radius 3 is 0.806 bits per heavy atom. The van der Waals surface area contributed by atoms with Crippen molar-refractivity contribution in [1.29, 1.82) is 0 Å². The van der Waals surface area contributed by atoms with E-state index in [9.17, 15) is 62.9 Å². The fraction of sp³-hybridized carbons (Fsp3) is 1.00. The molecular weight excluding hydrogens is 520 g/mol. The summed E-state index contributed by atoms with van der Waals surface area (Å²) in [5.41, 5.74) is -9.83. The smallest absolute Gasteiger partial charge is 0.836 e. The van der Waals surface area contributed by atoms with Gasteiger partial charge in [0.15, 0.2) is 0 Å². The summed E-state index contributed by atoms with van der Waals surface area (Å²) in [5, 5.41) is 26.0. The van der Waals surface area contributed by atoms with E-state index in [1.807, 2.05) is 0 Å². The van der Waals surface area contributed by atoms with Crippen molar-refractivity contribution in [2.45, 2.75) is 74.7 Å². The van der Waals surface area contributed by atoms with Crippen LogP contribution in [0.3, 0.4) is 0 Å². The Bertz CT molecular complexity index is 445. The molecule has 0 aliphatic rings. The van der Waals surface area contributed by atoms with Crippen molar-refractivity contribution in [2.24, 2.45) is 0 Å². The molecule has 0 saturated heterocycles. The van der Waals surface area contributed by atoms with Crippen molar-refractivity contribution in [2.75, 3.05) is 14.1 Å². The van der Waals surface area contributed by atoms with E-state index < -0.39 is 60.8 Å². The summed E-state index contributed by atoms with van der Waals surface area (Å²) in [7, 11) is 2.36. The molecule has 17 heteroatoms. The largest absolute Gasteiger partial charge is 2.00 e. The van der Waals surface area contributed by atoms with Crippen LogP contribution in [-0.2, 0) is 17.1 Å². The number of alkyl halides is 12.